The Bertz CT molecular complexity index is 1740. The van der Waals surface area contributed by atoms with Gasteiger partial charge in [-0.05, 0) is 54.3 Å². The third-order valence-electron chi connectivity index (χ3n) is 9.91. The molecule has 2 aromatic heterocycles. The molecule has 4 aromatic rings. The largest absolute Gasteiger partial charge is 0.394 e. The number of rotatable bonds is 25. The summed E-state index contributed by atoms with van der Waals surface area (Å²) in [6.07, 6.45) is -0.0583. The number of hydrogen-bond acceptors (Lipinski definition) is 12. The first-order valence-electron chi connectivity index (χ1n) is 19.6. The maximum atomic E-state index is 13.3. The Labute approximate surface area is 333 Å². The van der Waals surface area contributed by atoms with E-state index < -0.39 is 61.1 Å². The molecule has 2 aromatic carbocycles. The third kappa shape index (κ3) is 14.0. The summed E-state index contributed by atoms with van der Waals surface area (Å²) in [5.74, 6) is -0.975. The highest BCUT2D eigenvalue weighted by Gasteiger charge is 2.37. The monoisotopic (exact) mass is 787 g/mol. The van der Waals surface area contributed by atoms with Crippen LogP contribution < -0.4 is 16.0 Å². The molecular weight excluding hydrogens is 730 g/mol. The van der Waals surface area contributed by atoms with Crippen LogP contribution in [0.4, 0.5) is 11.5 Å². The molecule has 14 nitrogen and oxygen atoms in total. The number of nitrogens with one attached hydrogen (secondary N) is 3. The van der Waals surface area contributed by atoms with E-state index in [0.29, 0.717) is 30.0 Å². The van der Waals surface area contributed by atoms with Gasteiger partial charge >= 0.3 is 0 Å². The molecule has 2 heterocycles. The number of anilines is 2. The zero-order chi connectivity index (χ0) is 41.0. The Morgan fingerprint density at radius 1 is 0.632 bits per heavy atom. The zero-order valence-corrected chi connectivity index (χ0v) is 32.1. The van der Waals surface area contributed by atoms with Gasteiger partial charge in [-0.25, -0.2) is 4.98 Å². The van der Waals surface area contributed by atoms with Crippen LogP contribution in [0.5, 0.6) is 0 Å². The topological polar surface area (TPSA) is 238 Å². The maximum Gasteiger partial charge on any atom is 0.251 e. The number of unbranched alkanes of at least 4 members (excludes halogenated alkanes) is 7. The molecule has 4 rings (SSSR count). The lowest BCUT2D eigenvalue weighted by atomic mass is 9.82. The van der Waals surface area contributed by atoms with Gasteiger partial charge in [-0.3, -0.25) is 14.6 Å². The lowest BCUT2D eigenvalue weighted by Crippen LogP contribution is -2.54. The number of para-hydroxylation sites is 1. The zero-order valence-electron chi connectivity index (χ0n) is 32.1. The SMILES string of the molecule is O=C(CCCCCCCCCCNC(=O)[C@H](O)[C@H](O)[C@@H](O)[C@H](O)[C@H](O)CO)Nc1ccccc1[C@@H](Nc1ccccn1)[C@H](c1ccccn1)C(O)c1ccccc1. The van der Waals surface area contributed by atoms with Crippen LogP contribution in [-0.2, 0) is 9.59 Å². The van der Waals surface area contributed by atoms with Gasteiger partial charge in [0.1, 0.15) is 30.2 Å². The summed E-state index contributed by atoms with van der Waals surface area (Å²) in [6, 6.07) is 27.7. The van der Waals surface area contributed by atoms with E-state index in [9.17, 15) is 40.2 Å². The van der Waals surface area contributed by atoms with E-state index in [0.717, 1.165) is 56.1 Å². The summed E-state index contributed by atoms with van der Waals surface area (Å²) in [5.41, 5.74) is 2.83. The van der Waals surface area contributed by atoms with Gasteiger partial charge in [-0.1, -0.05) is 99.2 Å². The average Bonchev–Trinajstić information content (AvgIpc) is 3.25. The van der Waals surface area contributed by atoms with Crippen molar-refractivity contribution in [1.82, 2.24) is 15.3 Å². The van der Waals surface area contributed by atoms with Gasteiger partial charge in [0, 0.05) is 36.7 Å². The van der Waals surface area contributed by atoms with Gasteiger partial charge in [0.25, 0.3) is 5.91 Å². The minimum absolute atomic E-state index is 0.106. The molecule has 2 amide bonds. The van der Waals surface area contributed by atoms with Crippen LogP contribution in [0.2, 0.25) is 0 Å². The minimum atomic E-state index is -2.05. The van der Waals surface area contributed by atoms with Crippen molar-refractivity contribution in [3.05, 3.63) is 120 Å². The second-order valence-corrected chi connectivity index (χ2v) is 14.1. The maximum absolute atomic E-state index is 13.3. The van der Waals surface area contributed by atoms with Crippen LogP contribution >= 0.6 is 0 Å². The summed E-state index contributed by atoms with van der Waals surface area (Å²) in [5, 5.41) is 78.9. The molecule has 1 unspecified atom stereocenters. The van der Waals surface area contributed by atoms with Crippen molar-refractivity contribution >= 4 is 23.3 Å². The Kier molecular flexibility index (Phi) is 19.0. The molecule has 0 spiro atoms. The summed E-state index contributed by atoms with van der Waals surface area (Å²) < 4.78 is 0. The minimum Gasteiger partial charge on any atom is -0.394 e. The molecule has 10 N–H and O–H groups in total. The van der Waals surface area contributed by atoms with Gasteiger partial charge in [-0.2, -0.15) is 0 Å². The smallest absolute Gasteiger partial charge is 0.251 e. The molecule has 0 aliphatic carbocycles. The summed E-state index contributed by atoms with van der Waals surface area (Å²) in [4.78, 5) is 34.6. The highest BCUT2D eigenvalue weighted by Crippen LogP contribution is 2.43. The van der Waals surface area contributed by atoms with E-state index >= 15 is 0 Å². The summed E-state index contributed by atoms with van der Waals surface area (Å²) in [6.45, 7) is -0.623. The first-order valence-corrected chi connectivity index (χ1v) is 19.6. The number of carbonyl (C=O) groups is 2. The molecule has 0 radical (unpaired) electrons. The molecule has 0 saturated carbocycles. The number of pyridine rings is 2. The summed E-state index contributed by atoms with van der Waals surface area (Å²) in [7, 11) is 0. The molecule has 8 atom stereocenters. The van der Waals surface area contributed by atoms with E-state index in [1.54, 1.807) is 12.4 Å². The number of nitrogens with zero attached hydrogens (tertiary/aromatic N) is 2. The van der Waals surface area contributed by atoms with Crippen LogP contribution in [0.1, 0.15) is 92.7 Å². The number of aromatic nitrogens is 2. The first-order chi connectivity index (χ1) is 27.6. The second kappa shape index (κ2) is 24.1. The van der Waals surface area contributed by atoms with E-state index in [2.05, 4.69) is 25.9 Å². The summed E-state index contributed by atoms with van der Waals surface area (Å²) >= 11 is 0. The molecule has 14 heteroatoms. The molecule has 0 fully saturated rings. The number of aliphatic hydroxyl groups is 7. The second-order valence-electron chi connectivity index (χ2n) is 14.1. The van der Waals surface area contributed by atoms with Gasteiger partial charge in [-0.15, -0.1) is 0 Å². The van der Waals surface area contributed by atoms with Crippen molar-refractivity contribution in [2.75, 3.05) is 23.8 Å². The molecule has 0 aliphatic rings. The molecule has 0 saturated heterocycles. The molecule has 308 valence electrons. The molecule has 0 bridgehead atoms. The van der Waals surface area contributed by atoms with Crippen LogP contribution in [0, 0.1) is 0 Å². The van der Waals surface area contributed by atoms with Gasteiger partial charge in [0.15, 0.2) is 6.10 Å². The standard InChI is InChI=1S/C43H57N5O9/c49-28-33(50)39(53)40(54)41(55)42(56)43(57)46-27-15-6-4-2-1-3-5-10-24-35(51)47-31-21-12-11-20-30(31)37(48-34-23-14-17-26-45-34)36(32-22-13-16-25-44-32)38(52)29-18-8-7-9-19-29/h7-9,11-14,16-23,25-26,33,36-42,49-50,52-56H,1-6,10,15,24,27-28H2,(H,45,48)(H,46,57)(H,47,51)/t33-,36+,37-,38?,39-,40+,41-,42-/m1/s1. The van der Waals surface area contributed by atoms with Crippen molar-refractivity contribution < 1.29 is 45.3 Å². The lowest BCUT2D eigenvalue weighted by molar-refractivity contribution is -0.156. The van der Waals surface area contributed by atoms with Crippen molar-refractivity contribution in [2.24, 2.45) is 0 Å². The van der Waals surface area contributed by atoms with E-state index in [1.165, 1.54) is 0 Å². The number of carbonyl (C=O) groups excluding carboxylic acids is 2. The Morgan fingerprint density at radius 2 is 1.25 bits per heavy atom. The number of amides is 2. The van der Waals surface area contributed by atoms with Crippen molar-refractivity contribution in [2.45, 2.75) is 106 Å². The Hall–Kier alpha value is -4.80. The third-order valence-corrected chi connectivity index (χ3v) is 9.91. The van der Waals surface area contributed by atoms with Gasteiger partial charge < -0.3 is 51.7 Å². The van der Waals surface area contributed by atoms with Crippen LogP contribution in [0.25, 0.3) is 0 Å². The number of benzene rings is 2. The van der Waals surface area contributed by atoms with Crippen LogP contribution in [-0.4, -0.2) is 101 Å². The predicted octanol–water partition coefficient (Wildman–Crippen LogP) is 3.51. The molecule has 0 aliphatic heterocycles. The van der Waals surface area contributed by atoms with E-state index in [1.807, 2.05) is 91.0 Å². The fourth-order valence-electron chi connectivity index (χ4n) is 6.68. The van der Waals surface area contributed by atoms with E-state index in [4.69, 9.17) is 5.11 Å². The normalized spacial score (nSPS) is 15.6. The van der Waals surface area contributed by atoms with Crippen LogP contribution in [0.3, 0.4) is 0 Å². The average molecular weight is 788 g/mol. The molecular formula is C43H57N5O9. The van der Waals surface area contributed by atoms with Crippen molar-refractivity contribution in [1.29, 1.82) is 0 Å². The molecule has 57 heavy (non-hydrogen) atoms. The van der Waals surface area contributed by atoms with Crippen molar-refractivity contribution in [3.63, 3.8) is 0 Å². The van der Waals surface area contributed by atoms with Crippen molar-refractivity contribution in [3.8, 4) is 0 Å². The Balaban J connectivity index is 1.24. The quantitative estimate of drug-likeness (QED) is 0.0435. The first kappa shape index (κ1) is 44.9. The fraction of sp³-hybridized carbons (Fsp3) is 0.442. The van der Waals surface area contributed by atoms with Gasteiger partial charge in [0.2, 0.25) is 5.91 Å². The highest BCUT2D eigenvalue weighted by molar-refractivity contribution is 5.91. The highest BCUT2D eigenvalue weighted by atomic mass is 16.4. The number of aliphatic hydroxyl groups excluding tert-OH is 7. The Morgan fingerprint density at radius 3 is 1.89 bits per heavy atom. The van der Waals surface area contributed by atoms with Gasteiger partial charge in [0.05, 0.1) is 24.7 Å². The predicted molar refractivity (Wildman–Crippen MR) is 216 cm³/mol. The fourth-order valence-corrected chi connectivity index (χ4v) is 6.68. The lowest BCUT2D eigenvalue weighted by Gasteiger charge is -2.33. The number of hydrogen-bond donors (Lipinski definition) is 10. The van der Waals surface area contributed by atoms with E-state index in [-0.39, 0.29) is 12.5 Å². The van der Waals surface area contributed by atoms with Crippen LogP contribution in [0.15, 0.2) is 103 Å².